The molecule has 2 heterocycles. The molecule has 358 valence electrons. The monoisotopic (exact) mass is 1170 g/mol. The average molecular weight is 1170 g/mol. The van der Waals surface area contributed by atoms with Crippen molar-refractivity contribution in [1.82, 2.24) is 4.31 Å². The molecule has 2 aliphatic heterocycles. The number of nitrogens with zero attached hydrogens (tertiary/aromatic N) is 2. The van der Waals surface area contributed by atoms with Crippen LogP contribution in [-0.4, -0.2) is 75.9 Å². The van der Waals surface area contributed by atoms with Crippen molar-refractivity contribution in [2.24, 2.45) is 0 Å². The summed E-state index contributed by atoms with van der Waals surface area (Å²) in [5, 5.41) is 0. The van der Waals surface area contributed by atoms with Crippen molar-refractivity contribution >= 4 is 120 Å². The maximum atomic E-state index is 14.6. The number of amides is 2. The van der Waals surface area contributed by atoms with Gasteiger partial charge in [-0.1, -0.05) is 183 Å². The molecule has 0 spiro atoms. The Morgan fingerprint density at radius 2 is 1.37 bits per heavy atom. The van der Waals surface area contributed by atoms with Crippen LogP contribution in [0.3, 0.4) is 0 Å². The highest BCUT2D eigenvalue weighted by Crippen LogP contribution is 2.48. The predicted molar refractivity (Wildman–Crippen MR) is 270 cm³/mol. The van der Waals surface area contributed by atoms with Crippen LogP contribution in [0, 0.1) is 6.92 Å². The number of ether oxygens (including phenoxy) is 6. The minimum absolute atomic E-state index is 0.102. The van der Waals surface area contributed by atoms with E-state index in [1.807, 2.05) is 97.9 Å². The van der Waals surface area contributed by atoms with Gasteiger partial charge in [0.15, 0.2) is 4.30 Å². The quantitative estimate of drug-likeness (QED) is 0.0738. The normalized spacial score (nSPS) is 18.1. The van der Waals surface area contributed by atoms with Gasteiger partial charge < -0.3 is 28.4 Å². The van der Waals surface area contributed by atoms with Gasteiger partial charge in [-0.3, -0.25) is 4.90 Å². The van der Waals surface area contributed by atoms with Gasteiger partial charge in [0.25, 0.3) is 10.0 Å². The van der Waals surface area contributed by atoms with Gasteiger partial charge in [0.2, 0.25) is 3.79 Å². The second kappa shape index (κ2) is 24.4. The van der Waals surface area contributed by atoms with Gasteiger partial charge in [-0.15, -0.1) is 0 Å². The number of halogens is 7. The van der Waals surface area contributed by atoms with Crippen molar-refractivity contribution in [3.05, 3.63) is 155 Å². The van der Waals surface area contributed by atoms with Crippen molar-refractivity contribution in [2.75, 3.05) is 31.8 Å². The summed E-state index contributed by atoms with van der Waals surface area (Å²) in [6.45, 7) is 1.59. The number of methoxy groups -OCH3 is 1. The fraction of sp³-hybridized carbons (Fsp3) is 0.319. The predicted octanol–water partition coefficient (Wildman–Crippen LogP) is 12.3. The summed E-state index contributed by atoms with van der Waals surface area (Å²) in [6, 6.07) is 35.1. The molecule has 20 heteroatoms. The Kier molecular flexibility index (Phi) is 19.3. The van der Waals surface area contributed by atoms with Crippen LogP contribution in [0.1, 0.15) is 39.3 Å². The Morgan fingerprint density at radius 1 is 0.806 bits per heavy atom. The van der Waals surface area contributed by atoms with Crippen molar-refractivity contribution in [3.8, 4) is 11.5 Å². The molecule has 0 unspecified atom stereocenters. The van der Waals surface area contributed by atoms with Gasteiger partial charge in [0, 0.05) is 12.1 Å². The lowest BCUT2D eigenvalue weighted by atomic mass is 9.84. The Labute approximate surface area is 433 Å². The molecule has 4 atom stereocenters. The molecule has 0 radical (unpaired) electrons. The highest BCUT2D eigenvalue weighted by molar-refractivity contribution is 14.1. The van der Waals surface area contributed by atoms with Gasteiger partial charge in [0.05, 0.1) is 54.0 Å². The summed E-state index contributed by atoms with van der Waals surface area (Å²) in [4.78, 5) is 29.9. The summed E-state index contributed by atoms with van der Waals surface area (Å²) in [6.07, 6.45) is -3.10. The van der Waals surface area contributed by atoms with E-state index in [1.54, 1.807) is 25.3 Å². The Morgan fingerprint density at radius 3 is 1.97 bits per heavy atom. The van der Waals surface area contributed by atoms with Crippen LogP contribution in [-0.2, 0) is 55.4 Å². The number of benzene rings is 5. The zero-order valence-electron chi connectivity index (χ0n) is 35.9. The van der Waals surface area contributed by atoms with Crippen LogP contribution in [0.2, 0.25) is 0 Å². The third kappa shape index (κ3) is 14.6. The van der Waals surface area contributed by atoms with E-state index < -0.39 is 58.9 Å². The van der Waals surface area contributed by atoms with E-state index in [0.717, 1.165) is 26.6 Å². The van der Waals surface area contributed by atoms with Crippen LogP contribution in [0.15, 0.2) is 126 Å². The highest BCUT2D eigenvalue weighted by atomic mass is 127. The molecule has 0 aliphatic carbocycles. The standard InChI is InChI=1S/C46H44Cl3IN2O10S.CHCl3/c1-30-13-19-36(20-14-30)63(55,56)52-42-38(50)23-51(44(53)61-29-46(47,48)49)39-21-34(26-58-24-31-9-5-3-6-10-31)22-40(60-27-32-11-7-4-8-12-32)41(39)37(43(42)62-45(52)54)28-59-25-33-15-17-35(57-2)18-16-33;2-1(3)4/h3-22,37-38,42-43H,23-29H2,1-2H3;1H/t37-,38+,42-,43+;/m1./s1. The van der Waals surface area contributed by atoms with E-state index in [0.29, 0.717) is 34.9 Å². The van der Waals surface area contributed by atoms with E-state index in [-0.39, 0.29) is 37.9 Å². The van der Waals surface area contributed by atoms with Crippen LogP contribution in [0.5, 0.6) is 11.5 Å². The molecule has 0 aromatic heterocycles. The fourth-order valence-corrected chi connectivity index (χ4v) is 10.5. The van der Waals surface area contributed by atoms with Crippen LogP contribution in [0.25, 0.3) is 0 Å². The first-order valence-electron chi connectivity index (χ1n) is 20.5. The molecular weight excluding hydrogens is 1120 g/mol. The summed E-state index contributed by atoms with van der Waals surface area (Å²) < 4.78 is 62.9. The maximum absolute atomic E-state index is 14.6. The Bertz CT molecular complexity index is 2520. The highest BCUT2D eigenvalue weighted by Gasteiger charge is 2.57. The van der Waals surface area contributed by atoms with E-state index in [2.05, 4.69) is 22.6 Å². The summed E-state index contributed by atoms with van der Waals surface area (Å²) >= 11 is 34.7. The molecule has 2 aliphatic rings. The topological polar surface area (TPSA) is 130 Å². The number of alkyl halides is 7. The zero-order valence-corrected chi connectivity index (χ0v) is 43.4. The average Bonchev–Trinajstić information content (AvgIpc) is 3.65. The minimum atomic E-state index is -4.50. The molecule has 7 rings (SSSR count). The number of hydrogen-bond acceptors (Lipinski definition) is 10. The molecule has 1 saturated heterocycles. The lowest BCUT2D eigenvalue weighted by Crippen LogP contribution is -2.54. The molecule has 0 bridgehead atoms. The van der Waals surface area contributed by atoms with E-state index in [4.69, 9.17) is 98.0 Å². The first kappa shape index (κ1) is 52.9. The van der Waals surface area contributed by atoms with Crippen molar-refractivity contribution in [1.29, 1.82) is 0 Å². The number of carbonyl (C=O) groups is 2. The summed E-state index contributed by atoms with van der Waals surface area (Å²) in [5.41, 5.74) is 4.82. The van der Waals surface area contributed by atoms with Crippen molar-refractivity contribution < 1.29 is 46.4 Å². The van der Waals surface area contributed by atoms with Crippen molar-refractivity contribution in [2.45, 2.75) is 68.3 Å². The van der Waals surface area contributed by atoms with E-state index >= 15 is 0 Å². The van der Waals surface area contributed by atoms with Crippen molar-refractivity contribution in [3.63, 3.8) is 0 Å². The molecule has 5 aromatic carbocycles. The molecule has 1 fully saturated rings. The number of aryl methyl sites for hydroxylation is 1. The molecule has 0 saturated carbocycles. The second-order valence-corrected chi connectivity index (χ2v) is 23.2. The lowest BCUT2D eigenvalue weighted by molar-refractivity contribution is 0.0479. The summed E-state index contributed by atoms with van der Waals surface area (Å²) in [7, 11) is -2.93. The smallest absolute Gasteiger partial charge is 0.424 e. The third-order valence-corrected chi connectivity index (χ3v) is 13.7. The molecule has 12 nitrogen and oxygen atoms in total. The van der Waals surface area contributed by atoms with Gasteiger partial charge >= 0.3 is 12.2 Å². The SMILES string of the molecule is COc1ccc(COC[C@@H]2c3c(OCc4ccccc4)cc(COCc4ccccc4)cc3N(C(=O)OCC(Cl)(Cl)Cl)C[C@H](I)[C@@H]3[C@H]2OC(=O)N3S(=O)(=O)c2ccc(C)cc2)cc1.ClC(Cl)Cl. The van der Waals surface area contributed by atoms with E-state index in [9.17, 15) is 18.0 Å². The molecule has 2 amide bonds. The van der Waals surface area contributed by atoms with Gasteiger partial charge in [-0.05, 0) is 65.6 Å². The van der Waals surface area contributed by atoms with Gasteiger partial charge in [0.1, 0.15) is 36.9 Å². The number of anilines is 1. The number of carbonyl (C=O) groups excluding carboxylic acids is 2. The van der Waals surface area contributed by atoms with Gasteiger partial charge in [-0.2, -0.15) is 4.31 Å². The van der Waals surface area contributed by atoms with Gasteiger partial charge in [-0.25, -0.2) is 18.0 Å². The molecular formula is C47H45Cl6IN2O10S. The molecule has 67 heavy (non-hydrogen) atoms. The third-order valence-electron chi connectivity index (χ3n) is 10.5. The maximum Gasteiger partial charge on any atom is 0.424 e. The number of rotatable bonds is 15. The lowest BCUT2D eigenvalue weighted by Gasteiger charge is -2.39. The first-order chi connectivity index (χ1) is 31.9. The fourth-order valence-electron chi connectivity index (χ4n) is 7.45. The number of hydrogen-bond donors (Lipinski definition) is 0. The Hall–Kier alpha value is -3.42. The second-order valence-electron chi connectivity index (χ2n) is 15.2. The molecule has 5 aromatic rings. The first-order valence-corrected chi connectivity index (χ1v) is 25.6. The number of sulfonamides is 1. The van der Waals surface area contributed by atoms with E-state index in [1.165, 1.54) is 17.0 Å². The zero-order chi connectivity index (χ0) is 48.3. The van der Waals surface area contributed by atoms with Crippen LogP contribution < -0.4 is 14.4 Å². The van der Waals surface area contributed by atoms with Crippen LogP contribution >= 0.6 is 92.2 Å². The Balaban J connectivity index is 0.00000178. The number of fused-ring (bicyclic) bond motifs is 2. The molecule has 0 N–H and O–H groups in total. The summed E-state index contributed by atoms with van der Waals surface area (Å²) in [5.74, 6) is 0.0480. The minimum Gasteiger partial charge on any atom is -0.497 e. The van der Waals surface area contributed by atoms with Crippen LogP contribution in [0.4, 0.5) is 15.3 Å². The largest absolute Gasteiger partial charge is 0.497 e.